The standard InChI is InChI=1S/C11H16F2N2/c1-8(14)5-6-15(2)9-3-4-10(12)11(13)7-9/h3-4,7-8H,5-6,14H2,1-2H3. The minimum atomic E-state index is -0.820. The van der Waals surface area contributed by atoms with Crippen molar-refractivity contribution in [2.24, 2.45) is 5.73 Å². The molecule has 0 amide bonds. The number of benzene rings is 1. The zero-order chi connectivity index (χ0) is 11.4. The Hall–Kier alpha value is -1.16. The van der Waals surface area contributed by atoms with Gasteiger partial charge in [-0.2, -0.15) is 0 Å². The first-order valence-electron chi connectivity index (χ1n) is 4.92. The number of hydrogen-bond donors (Lipinski definition) is 1. The van der Waals surface area contributed by atoms with Crippen molar-refractivity contribution in [3.05, 3.63) is 29.8 Å². The van der Waals surface area contributed by atoms with E-state index in [0.29, 0.717) is 5.69 Å². The maximum atomic E-state index is 12.9. The molecule has 0 aliphatic heterocycles. The minimum Gasteiger partial charge on any atom is -0.374 e. The zero-order valence-electron chi connectivity index (χ0n) is 9.00. The highest BCUT2D eigenvalue weighted by atomic mass is 19.2. The van der Waals surface area contributed by atoms with Crippen molar-refractivity contribution in [2.45, 2.75) is 19.4 Å². The summed E-state index contributed by atoms with van der Waals surface area (Å²) in [5.74, 6) is -1.64. The molecule has 4 heteroatoms. The Morgan fingerprint density at radius 2 is 2.00 bits per heavy atom. The lowest BCUT2D eigenvalue weighted by Gasteiger charge is -2.20. The van der Waals surface area contributed by atoms with Crippen LogP contribution in [0.4, 0.5) is 14.5 Å². The average molecular weight is 214 g/mol. The van der Waals surface area contributed by atoms with Gasteiger partial charge in [-0.3, -0.25) is 0 Å². The lowest BCUT2D eigenvalue weighted by Crippen LogP contribution is -2.25. The molecule has 0 bridgehead atoms. The molecule has 0 aliphatic carbocycles. The molecule has 1 aromatic carbocycles. The van der Waals surface area contributed by atoms with E-state index in [-0.39, 0.29) is 6.04 Å². The highest BCUT2D eigenvalue weighted by Crippen LogP contribution is 2.16. The van der Waals surface area contributed by atoms with Crippen molar-refractivity contribution >= 4 is 5.69 Å². The van der Waals surface area contributed by atoms with E-state index in [1.807, 2.05) is 18.9 Å². The predicted octanol–water partition coefficient (Wildman–Crippen LogP) is 2.14. The van der Waals surface area contributed by atoms with Crippen LogP contribution in [0.3, 0.4) is 0 Å². The summed E-state index contributed by atoms with van der Waals surface area (Å²) in [6.45, 7) is 2.64. The molecule has 2 nitrogen and oxygen atoms in total. The highest BCUT2D eigenvalue weighted by Gasteiger charge is 2.06. The number of nitrogens with two attached hydrogens (primary N) is 1. The second-order valence-electron chi connectivity index (χ2n) is 3.79. The molecule has 1 rings (SSSR count). The van der Waals surface area contributed by atoms with Gasteiger partial charge >= 0.3 is 0 Å². The van der Waals surface area contributed by atoms with Crippen molar-refractivity contribution < 1.29 is 8.78 Å². The molecule has 0 saturated carbocycles. The molecule has 0 radical (unpaired) electrons. The lowest BCUT2D eigenvalue weighted by molar-refractivity contribution is 0.508. The molecule has 1 aromatic rings. The second kappa shape index (κ2) is 5.07. The van der Waals surface area contributed by atoms with Crippen molar-refractivity contribution in [1.29, 1.82) is 0 Å². The summed E-state index contributed by atoms with van der Waals surface area (Å²) >= 11 is 0. The van der Waals surface area contributed by atoms with Gasteiger partial charge in [-0.15, -0.1) is 0 Å². The van der Waals surface area contributed by atoms with Crippen molar-refractivity contribution in [3.63, 3.8) is 0 Å². The van der Waals surface area contributed by atoms with E-state index >= 15 is 0 Å². The third-order valence-electron chi connectivity index (χ3n) is 2.26. The van der Waals surface area contributed by atoms with Crippen LogP contribution in [0, 0.1) is 11.6 Å². The van der Waals surface area contributed by atoms with Crippen LogP contribution in [0.2, 0.25) is 0 Å². The molecule has 1 unspecified atom stereocenters. The Morgan fingerprint density at radius 1 is 1.33 bits per heavy atom. The smallest absolute Gasteiger partial charge is 0.160 e. The first-order valence-corrected chi connectivity index (χ1v) is 4.92. The normalized spacial score (nSPS) is 12.6. The minimum absolute atomic E-state index is 0.109. The Kier molecular flexibility index (Phi) is 4.03. The van der Waals surface area contributed by atoms with E-state index in [4.69, 9.17) is 5.73 Å². The predicted molar refractivity (Wildman–Crippen MR) is 57.9 cm³/mol. The summed E-state index contributed by atoms with van der Waals surface area (Å²) in [5.41, 5.74) is 6.27. The molecular weight excluding hydrogens is 198 g/mol. The van der Waals surface area contributed by atoms with Gasteiger partial charge < -0.3 is 10.6 Å². The van der Waals surface area contributed by atoms with Crippen LogP contribution in [0.1, 0.15) is 13.3 Å². The highest BCUT2D eigenvalue weighted by molar-refractivity contribution is 5.45. The number of rotatable bonds is 4. The summed E-state index contributed by atoms with van der Waals surface area (Å²) in [4.78, 5) is 1.85. The number of hydrogen-bond acceptors (Lipinski definition) is 2. The third kappa shape index (κ3) is 3.47. The fraction of sp³-hybridized carbons (Fsp3) is 0.455. The van der Waals surface area contributed by atoms with E-state index in [2.05, 4.69) is 0 Å². The van der Waals surface area contributed by atoms with Gasteiger partial charge in [-0.25, -0.2) is 8.78 Å². The maximum Gasteiger partial charge on any atom is 0.160 e. The zero-order valence-corrected chi connectivity index (χ0v) is 9.00. The molecule has 1 atom stereocenters. The van der Waals surface area contributed by atoms with E-state index in [1.54, 1.807) is 6.07 Å². The number of halogens is 2. The number of nitrogens with zero attached hydrogens (tertiary/aromatic N) is 1. The van der Waals surface area contributed by atoms with Gasteiger partial charge in [-0.05, 0) is 25.5 Å². The van der Waals surface area contributed by atoms with Crippen molar-refractivity contribution in [2.75, 3.05) is 18.5 Å². The van der Waals surface area contributed by atoms with Gasteiger partial charge in [0.25, 0.3) is 0 Å². The third-order valence-corrected chi connectivity index (χ3v) is 2.26. The van der Waals surface area contributed by atoms with Crippen molar-refractivity contribution in [1.82, 2.24) is 0 Å². The van der Waals surface area contributed by atoms with Gasteiger partial charge in [0, 0.05) is 31.4 Å². The van der Waals surface area contributed by atoms with Crippen LogP contribution in [-0.2, 0) is 0 Å². The van der Waals surface area contributed by atoms with E-state index in [9.17, 15) is 8.78 Å². The van der Waals surface area contributed by atoms with Crippen LogP contribution >= 0.6 is 0 Å². The summed E-state index contributed by atoms with van der Waals surface area (Å²) in [5, 5.41) is 0. The van der Waals surface area contributed by atoms with E-state index in [0.717, 1.165) is 19.0 Å². The SMILES string of the molecule is CC(N)CCN(C)c1ccc(F)c(F)c1. The van der Waals surface area contributed by atoms with Crippen LogP contribution in [0.25, 0.3) is 0 Å². The molecule has 0 aromatic heterocycles. The quantitative estimate of drug-likeness (QED) is 0.832. The summed E-state index contributed by atoms with van der Waals surface area (Å²) in [6, 6.07) is 3.99. The molecular formula is C11H16F2N2. The van der Waals surface area contributed by atoms with Crippen LogP contribution in [-0.4, -0.2) is 19.6 Å². The van der Waals surface area contributed by atoms with Gasteiger partial charge in [-0.1, -0.05) is 0 Å². The first kappa shape index (κ1) is 11.9. The largest absolute Gasteiger partial charge is 0.374 e. The maximum absolute atomic E-state index is 12.9. The molecule has 15 heavy (non-hydrogen) atoms. The number of anilines is 1. The Labute approximate surface area is 88.7 Å². The Balaban J connectivity index is 2.65. The molecule has 0 aliphatic rings. The van der Waals surface area contributed by atoms with Gasteiger partial charge in [0.05, 0.1) is 0 Å². The summed E-state index contributed by atoms with van der Waals surface area (Å²) < 4.78 is 25.6. The van der Waals surface area contributed by atoms with E-state index in [1.165, 1.54) is 6.07 Å². The monoisotopic (exact) mass is 214 g/mol. The fourth-order valence-corrected chi connectivity index (χ4v) is 1.25. The molecule has 0 fully saturated rings. The van der Waals surface area contributed by atoms with Gasteiger partial charge in [0.2, 0.25) is 0 Å². The second-order valence-corrected chi connectivity index (χ2v) is 3.79. The lowest BCUT2D eigenvalue weighted by atomic mass is 10.2. The fourth-order valence-electron chi connectivity index (χ4n) is 1.25. The molecule has 0 spiro atoms. The molecule has 0 heterocycles. The Morgan fingerprint density at radius 3 is 2.53 bits per heavy atom. The molecule has 84 valence electrons. The van der Waals surface area contributed by atoms with E-state index < -0.39 is 11.6 Å². The average Bonchev–Trinajstić information content (AvgIpc) is 2.18. The van der Waals surface area contributed by atoms with Crippen molar-refractivity contribution in [3.8, 4) is 0 Å². The van der Waals surface area contributed by atoms with Gasteiger partial charge in [0.15, 0.2) is 11.6 Å². The molecule has 0 saturated heterocycles. The first-order chi connectivity index (χ1) is 7.00. The topological polar surface area (TPSA) is 29.3 Å². The van der Waals surface area contributed by atoms with Crippen LogP contribution < -0.4 is 10.6 Å². The van der Waals surface area contributed by atoms with Gasteiger partial charge in [0.1, 0.15) is 0 Å². The van der Waals surface area contributed by atoms with Crippen LogP contribution in [0.5, 0.6) is 0 Å². The summed E-state index contributed by atoms with van der Waals surface area (Å²) in [6.07, 6.45) is 0.815. The molecule has 2 N–H and O–H groups in total. The Bertz CT molecular complexity index is 326. The summed E-state index contributed by atoms with van der Waals surface area (Å²) in [7, 11) is 1.83. The van der Waals surface area contributed by atoms with Crippen LogP contribution in [0.15, 0.2) is 18.2 Å².